The van der Waals surface area contributed by atoms with Crippen LogP contribution in [-0.2, 0) is 44.8 Å². The Bertz CT molecular complexity index is 4820. The number of halogens is 12. The van der Waals surface area contributed by atoms with Gasteiger partial charge in [-0.1, -0.05) is 251 Å². The van der Waals surface area contributed by atoms with Crippen molar-refractivity contribution in [3.63, 3.8) is 0 Å². The van der Waals surface area contributed by atoms with Gasteiger partial charge in [0.1, 0.15) is 11.5 Å². The molecule has 0 atom stereocenters. The summed E-state index contributed by atoms with van der Waals surface area (Å²) in [5, 5.41) is 0.556. The summed E-state index contributed by atoms with van der Waals surface area (Å²) in [5.41, 5.74) is 18.2. The number of nitrogens with zero attached hydrogens (tertiary/aromatic N) is 6. The van der Waals surface area contributed by atoms with Gasteiger partial charge < -0.3 is 14.5 Å². The van der Waals surface area contributed by atoms with Gasteiger partial charge in [-0.15, -0.1) is 0 Å². The van der Waals surface area contributed by atoms with Crippen LogP contribution in [0.15, 0.2) is 189 Å². The van der Waals surface area contributed by atoms with E-state index in [1.165, 1.54) is 63.2 Å². The number of methoxy groups -OCH3 is 1. The molecule has 2 aliphatic rings. The molecule has 7 nitrogen and oxygen atoms in total. The molecule has 19 heteroatoms. The molecule has 4 heterocycles. The molecular weight excluding hydrogens is 1530 g/mol. The second-order valence-corrected chi connectivity index (χ2v) is 37.8. The van der Waals surface area contributed by atoms with E-state index in [2.05, 4.69) is 215 Å². The van der Waals surface area contributed by atoms with Crippen molar-refractivity contribution < 1.29 is 53.0 Å². The fourth-order valence-electron chi connectivity index (χ4n) is 14.7. The highest BCUT2D eigenvalue weighted by Crippen LogP contribution is 2.41. The lowest BCUT2D eigenvalue weighted by Gasteiger charge is -2.36. The molecule has 0 amide bonds. The molecule has 0 saturated carbocycles. The van der Waals surface area contributed by atoms with Gasteiger partial charge >= 0.3 is 24.5 Å². The maximum absolute atomic E-state index is 14.4. The standard InChI is InChI=1S/C19H21F3.C17H24F3N.C17H17F3.C17H25F2N.C15H18N2O.C14H15ClN2/c1-12-10-15(11-13(2)17(12)18(3,4)5)14-6-8-16(9-7-14)19(20,21)22;1-12-11-14(5-6-15(12)16(2,3)4)21-9-7-13(8-10-21)17(18,19)20;1-16(2,3)15-6-4-5-13(11-15)12-7-9-14(10-8-12)17(18,19)20;1-12-10-13(11-14(18)15(12)16(2,3)4)20-8-6-17(5,19)7-9-20;1-15(2,3)13-7-5-11(6-8-13)12-9-16-14(18-4)17-10-12;1-14(2,3)11-6-4-10(5-7-11)13-16-8-12(15)9-17-13/h6-11H,1-5H3;5-6,11,13H,7-10H2,1-4H3;4-11H,1-3H3;10-11H,6-9H2,1-5H3;5-10H,1-4H3;4-9H,1-3H3. The molecule has 0 bridgehead atoms. The van der Waals surface area contributed by atoms with Gasteiger partial charge in [-0.25, -0.2) is 28.7 Å². The molecule has 636 valence electrons. The molecule has 12 rings (SSSR count). The summed E-state index contributed by atoms with van der Waals surface area (Å²) < 4.78 is 147. The Kier molecular flexibility index (Phi) is 31.3. The smallest absolute Gasteiger partial charge is 0.416 e. The van der Waals surface area contributed by atoms with E-state index in [0.717, 1.165) is 91.3 Å². The van der Waals surface area contributed by atoms with Crippen LogP contribution >= 0.6 is 11.6 Å². The first-order valence-electron chi connectivity index (χ1n) is 40.1. The SMILES string of the molecule is CC(C)(C)c1ccc(-c2ncc(Cl)cn2)cc1.CC(C)(C)c1cccc(-c2ccc(C(F)(F)F)cc2)c1.COc1ncc(-c2ccc(C(C)(C)C)cc2)cn1.Cc1cc(-c2ccc(C(F)(F)F)cc2)cc(C)c1C(C)(C)C.Cc1cc(N2CCC(C(F)(F)F)CC2)ccc1C(C)(C)C.Cc1cc(N2CCC(C)(F)CC2)cc(F)c1C(C)(C)C. The Morgan fingerprint density at radius 3 is 1.17 bits per heavy atom. The van der Waals surface area contributed by atoms with Crippen LogP contribution in [0.4, 0.5) is 59.7 Å². The van der Waals surface area contributed by atoms with Crippen LogP contribution in [0, 0.1) is 39.4 Å². The average molecular weight is 1650 g/mol. The van der Waals surface area contributed by atoms with E-state index in [0.29, 0.717) is 55.9 Å². The molecule has 2 saturated heterocycles. The van der Waals surface area contributed by atoms with Crippen molar-refractivity contribution in [2.45, 2.75) is 242 Å². The highest BCUT2D eigenvalue weighted by molar-refractivity contribution is 6.30. The molecule has 0 radical (unpaired) electrons. The molecule has 0 aliphatic carbocycles. The Labute approximate surface area is 699 Å². The minimum Gasteiger partial charge on any atom is -0.467 e. The first-order chi connectivity index (χ1) is 54.3. The van der Waals surface area contributed by atoms with Gasteiger partial charge in [0.05, 0.1) is 29.2 Å². The zero-order valence-electron chi connectivity index (χ0n) is 73.3. The van der Waals surface area contributed by atoms with Crippen LogP contribution in [-0.4, -0.2) is 65.1 Å². The number of alkyl halides is 10. The van der Waals surface area contributed by atoms with E-state index in [1.54, 1.807) is 44.9 Å². The third kappa shape index (κ3) is 27.7. The zero-order valence-corrected chi connectivity index (χ0v) is 74.0. The molecule has 0 N–H and O–H groups in total. The van der Waals surface area contributed by atoms with Crippen molar-refractivity contribution in [2.75, 3.05) is 43.1 Å². The highest BCUT2D eigenvalue weighted by Gasteiger charge is 2.41. The van der Waals surface area contributed by atoms with Crippen LogP contribution in [0.2, 0.25) is 5.02 Å². The number of piperidine rings is 2. The van der Waals surface area contributed by atoms with Crippen molar-refractivity contribution >= 4 is 23.0 Å². The van der Waals surface area contributed by atoms with Crippen LogP contribution in [0.1, 0.15) is 224 Å². The molecule has 0 spiro atoms. The summed E-state index contributed by atoms with van der Waals surface area (Å²) in [4.78, 5) is 20.8. The van der Waals surface area contributed by atoms with E-state index in [9.17, 15) is 48.3 Å². The van der Waals surface area contributed by atoms with Crippen LogP contribution in [0.3, 0.4) is 0 Å². The minimum atomic E-state index is -4.29. The number of hydrogen-bond donors (Lipinski definition) is 0. The molecule has 2 aromatic heterocycles. The van der Waals surface area contributed by atoms with E-state index in [1.807, 2.05) is 76.2 Å². The van der Waals surface area contributed by atoms with Crippen molar-refractivity contribution in [1.82, 2.24) is 19.9 Å². The Hall–Kier alpha value is -9.16. The summed E-state index contributed by atoms with van der Waals surface area (Å²) in [5.74, 6) is -0.584. The largest absolute Gasteiger partial charge is 0.467 e. The maximum Gasteiger partial charge on any atom is 0.416 e. The summed E-state index contributed by atoms with van der Waals surface area (Å²) in [6.45, 7) is 50.7. The molecule has 2 aliphatic heterocycles. The third-order valence-electron chi connectivity index (χ3n) is 21.2. The maximum atomic E-state index is 14.4. The van der Waals surface area contributed by atoms with E-state index >= 15 is 0 Å². The van der Waals surface area contributed by atoms with Crippen LogP contribution in [0.25, 0.3) is 44.8 Å². The number of hydrogen-bond acceptors (Lipinski definition) is 7. The van der Waals surface area contributed by atoms with E-state index in [4.69, 9.17) is 16.3 Å². The zero-order chi connectivity index (χ0) is 88.3. The van der Waals surface area contributed by atoms with Crippen molar-refractivity contribution in [3.8, 4) is 50.8 Å². The number of benzene rings is 8. The van der Waals surface area contributed by atoms with Gasteiger partial charge in [0.2, 0.25) is 0 Å². The highest BCUT2D eigenvalue weighted by atomic mass is 35.5. The lowest BCUT2D eigenvalue weighted by atomic mass is 9.80. The quantitative estimate of drug-likeness (QED) is 0.147. The van der Waals surface area contributed by atoms with E-state index < -0.39 is 41.2 Å². The molecule has 118 heavy (non-hydrogen) atoms. The molecule has 2 fully saturated rings. The van der Waals surface area contributed by atoms with Gasteiger partial charge in [0.25, 0.3) is 0 Å². The summed E-state index contributed by atoms with van der Waals surface area (Å²) in [6, 6.07) is 49.8. The van der Waals surface area contributed by atoms with Gasteiger partial charge in [-0.05, 0) is 225 Å². The summed E-state index contributed by atoms with van der Waals surface area (Å²) in [7, 11) is 1.56. The van der Waals surface area contributed by atoms with Crippen molar-refractivity contribution in [1.29, 1.82) is 0 Å². The van der Waals surface area contributed by atoms with Crippen molar-refractivity contribution in [3.05, 3.63) is 266 Å². The number of aryl methyl sites for hydroxylation is 4. The normalized spacial score (nSPS) is 14.3. The second kappa shape index (κ2) is 38.5. The fourth-order valence-corrected chi connectivity index (χ4v) is 14.8. The van der Waals surface area contributed by atoms with Gasteiger partial charge in [0.15, 0.2) is 5.82 Å². The Morgan fingerprint density at radius 2 is 0.780 bits per heavy atom. The lowest BCUT2D eigenvalue weighted by Crippen LogP contribution is -2.40. The number of aromatic nitrogens is 4. The molecule has 0 unspecified atom stereocenters. The predicted octanol–water partition coefficient (Wildman–Crippen LogP) is 29.3. The predicted molar refractivity (Wildman–Crippen MR) is 466 cm³/mol. The first kappa shape index (κ1) is 96.0. The molecular formula is C99H120ClF11N6O. The summed E-state index contributed by atoms with van der Waals surface area (Å²) >= 11 is 5.76. The fraction of sp³-hybridized carbons (Fsp3) is 0.434. The topological polar surface area (TPSA) is 67.3 Å². The second-order valence-electron chi connectivity index (χ2n) is 37.4. The number of anilines is 2. The monoisotopic (exact) mass is 1650 g/mol. The molecule has 10 aromatic rings. The first-order valence-corrected chi connectivity index (χ1v) is 40.5. The number of rotatable bonds is 7. The van der Waals surface area contributed by atoms with E-state index in [-0.39, 0.29) is 51.1 Å². The summed E-state index contributed by atoms with van der Waals surface area (Å²) in [6.07, 6.45) is -4.43. The Morgan fingerprint density at radius 1 is 0.381 bits per heavy atom. The van der Waals surface area contributed by atoms with Crippen LogP contribution in [0.5, 0.6) is 6.01 Å². The molecule has 8 aromatic carbocycles. The van der Waals surface area contributed by atoms with Gasteiger partial charge in [0, 0.05) is 73.5 Å². The van der Waals surface area contributed by atoms with Crippen molar-refractivity contribution in [2.24, 2.45) is 5.92 Å². The average Bonchev–Trinajstić information content (AvgIpc) is 0.790. The van der Waals surface area contributed by atoms with Gasteiger partial charge in [-0.3, -0.25) is 0 Å². The Balaban J connectivity index is 0.000000196. The minimum absolute atomic E-state index is 0.0158. The number of ether oxygens (including phenoxy) is 1. The van der Waals surface area contributed by atoms with Gasteiger partial charge in [-0.2, -0.15) is 39.5 Å². The third-order valence-corrected chi connectivity index (χ3v) is 21.4. The van der Waals surface area contributed by atoms with Crippen LogP contribution < -0.4 is 14.5 Å². The lowest BCUT2D eigenvalue weighted by molar-refractivity contribution is -0.179.